The number of carbonyl (C=O) groups is 4. The van der Waals surface area contributed by atoms with Crippen molar-refractivity contribution in [1.29, 1.82) is 0 Å². The van der Waals surface area contributed by atoms with E-state index in [9.17, 15) is 24.3 Å². The SMILES string of the molecule is CC(N)C(=O)NC(C)C(=O)Nc1cc(CC(CC(C)C(=O)OC(C)(C)C)NC(=O)OC(C)(C)C)ccc1O. The van der Waals surface area contributed by atoms with E-state index in [4.69, 9.17) is 15.2 Å². The quantitative estimate of drug-likeness (QED) is 0.224. The Morgan fingerprint density at radius 1 is 0.921 bits per heavy atom. The molecule has 1 rings (SSSR count). The van der Waals surface area contributed by atoms with Crippen molar-refractivity contribution < 1.29 is 33.8 Å². The van der Waals surface area contributed by atoms with Gasteiger partial charge in [-0.15, -0.1) is 0 Å². The molecule has 1 aromatic carbocycles. The number of rotatable bonds is 10. The van der Waals surface area contributed by atoms with Crippen LogP contribution in [0.2, 0.25) is 0 Å². The van der Waals surface area contributed by atoms with E-state index in [1.165, 1.54) is 19.9 Å². The van der Waals surface area contributed by atoms with Crippen LogP contribution in [0.25, 0.3) is 0 Å². The molecule has 214 valence electrons. The van der Waals surface area contributed by atoms with Crippen molar-refractivity contribution in [2.24, 2.45) is 11.7 Å². The lowest BCUT2D eigenvalue weighted by atomic mass is 9.95. The van der Waals surface area contributed by atoms with E-state index in [1.54, 1.807) is 60.6 Å². The van der Waals surface area contributed by atoms with Gasteiger partial charge in [-0.1, -0.05) is 13.0 Å². The van der Waals surface area contributed by atoms with Crippen molar-refractivity contribution in [3.05, 3.63) is 23.8 Å². The molecule has 0 aromatic heterocycles. The van der Waals surface area contributed by atoms with Gasteiger partial charge < -0.3 is 36.3 Å². The normalized spacial score (nSPS) is 14.9. The summed E-state index contributed by atoms with van der Waals surface area (Å²) in [4.78, 5) is 49.5. The predicted octanol–water partition coefficient (Wildman–Crippen LogP) is 2.99. The van der Waals surface area contributed by atoms with E-state index in [0.29, 0.717) is 5.56 Å². The minimum absolute atomic E-state index is 0.130. The Morgan fingerprint density at radius 3 is 2.03 bits per heavy atom. The number of nitrogens with two attached hydrogens (primary N) is 1. The lowest BCUT2D eigenvalue weighted by Gasteiger charge is -2.27. The fourth-order valence-electron chi connectivity index (χ4n) is 3.34. The van der Waals surface area contributed by atoms with Crippen LogP contribution in [0.4, 0.5) is 10.5 Å². The maximum atomic E-state index is 12.6. The number of alkyl carbamates (subject to hydrolysis) is 1. The summed E-state index contributed by atoms with van der Waals surface area (Å²) in [5, 5.41) is 18.2. The number of phenols is 1. The Hall–Kier alpha value is -3.34. The molecule has 1 aromatic rings. The first-order chi connectivity index (χ1) is 17.3. The van der Waals surface area contributed by atoms with Crippen molar-refractivity contribution in [3.8, 4) is 5.75 Å². The molecule has 4 atom stereocenters. The third kappa shape index (κ3) is 12.3. The van der Waals surface area contributed by atoms with Crippen LogP contribution in [0.3, 0.4) is 0 Å². The van der Waals surface area contributed by atoms with Gasteiger partial charge in [0.05, 0.1) is 17.6 Å². The highest BCUT2D eigenvalue weighted by atomic mass is 16.6. The van der Waals surface area contributed by atoms with E-state index in [-0.39, 0.29) is 24.3 Å². The number of benzene rings is 1. The molecule has 0 radical (unpaired) electrons. The predicted molar refractivity (Wildman–Crippen MR) is 144 cm³/mol. The fourth-order valence-corrected chi connectivity index (χ4v) is 3.34. The number of hydrogen-bond donors (Lipinski definition) is 5. The lowest BCUT2D eigenvalue weighted by molar-refractivity contribution is -0.159. The number of phenolic OH excluding ortho intramolecular Hbond substituents is 1. The van der Waals surface area contributed by atoms with Crippen LogP contribution >= 0.6 is 0 Å². The minimum Gasteiger partial charge on any atom is -0.506 e. The van der Waals surface area contributed by atoms with Gasteiger partial charge in [0.15, 0.2) is 0 Å². The molecule has 0 saturated heterocycles. The smallest absolute Gasteiger partial charge is 0.407 e. The maximum Gasteiger partial charge on any atom is 0.407 e. The van der Waals surface area contributed by atoms with Crippen molar-refractivity contribution in [2.75, 3.05) is 5.32 Å². The number of anilines is 1. The van der Waals surface area contributed by atoms with Crippen molar-refractivity contribution in [1.82, 2.24) is 10.6 Å². The van der Waals surface area contributed by atoms with E-state index in [1.807, 2.05) is 0 Å². The number of aromatic hydroxyl groups is 1. The van der Waals surface area contributed by atoms with Gasteiger partial charge in [0.1, 0.15) is 23.0 Å². The second-order valence-electron chi connectivity index (χ2n) is 11.6. The van der Waals surface area contributed by atoms with E-state index in [2.05, 4.69) is 16.0 Å². The van der Waals surface area contributed by atoms with Crippen molar-refractivity contribution in [2.45, 2.75) is 104 Å². The van der Waals surface area contributed by atoms with Crippen LogP contribution in [-0.4, -0.2) is 58.3 Å². The molecule has 0 spiro atoms. The minimum atomic E-state index is -0.896. The molecular formula is C27H44N4O7. The summed E-state index contributed by atoms with van der Waals surface area (Å²) in [5.41, 5.74) is 4.96. The molecule has 11 heteroatoms. The first kappa shape index (κ1) is 32.7. The summed E-state index contributed by atoms with van der Waals surface area (Å²) >= 11 is 0. The number of carbonyl (C=O) groups excluding carboxylic acids is 4. The fraction of sp³-hybridized carbons (Fsp3) is 0.630. The lowest BCUT2D eigenvalue weighted by Crippen LogP contribution is -2.47. The average Bonchev–Trinajstić information content (AvgIpc) is 2.73. The molecular weight excluding hydrogens is 492 g/mol. The molecule has 6 N–H and O–H groups in total. The van der Waals surface area contributed by atoms with Crippen molar-refractivity contribution in [3.63, 3.8) is 0 Å². The van der Waals surface area contributed by atoms with Crippen LogP contribution in [0.5, 0.6) is 5.75 Å². The number of nitrogens with one attached hydrogen (secondary N) is 3. The molecule has 0 saturated carbocycles. The van der Waals surface area contributed by atoms with Crippen molar-refractivity contribution >= 4 is 29.6 Å². The van der Waals surface area contributed by atoms with E-state index < -0.39 is 59.1 Å². The highest BCUT2D eigenvalue weighted by Crippen LogP contribution is 2.26. The topological polar surface area (TPSA) is 169 Å². The zero-order chi connectivity index (χ0) is 29.4. The van der Waals surface area contributed by atoms with Crippen LogP contribution < -0.4 is 21.7 Å². The summed E-state index contributed by atoms with van der Waals surface area (Å²) in [6, 6.07) is 2.43. The van der Waals surface area contributed by atoms with Gasteiger partial charge in [-0.3, -0.25) is 14.4 Å². The number of hydrogen-bond acceptors (Lipinski definition) is 8. The molecule has 0 heterocycles. The van der Waals surface area contributed by atoms with Crippen LogP contribution in [-0.2, 0) is 30.3 Å². The summed E-state index contributed by atoms with van der Waals surface area (Å²) < 4.78 is 10.9. The second-order valence-corrected chi connectivity index (χ2v) is 11.6. The first-order valence-electron chi connectivity index (χ1n) is 12.7. The Bertz CT molecular complexity index is 996. The highest BCUT2D eigenvalue weighted by molar-refractivity contribution is 5.98. The van der Waals surface area contributed by atoms with Gasteiger partial charge in [-0.05, 0) is 85.9 Å². The third-order valence-corrected chi connectivity index (χ3v) is 5.13. The molecule has 11 nitrogen and oxygen atoms in total. The van der Waals surface area contributed by atoms with Gasteiger partial charge in [0.25, 0.3) is 0 Å². The van der Waals surface area contributed by atoms with Gasteiger partial charge >= 0.3 is 12.1 Å². The number of ether oxygens (including phenoxy) is 2. The van der Waals surface area contributed by atoms with E-state index in [0.717, 1.165) is 0 Å². The van der Waals surface area contributed by atoms with Crippen LogP contribution in [0.1, 0.15) is 74.3 Å². The molecule has 0 aliphatic rings. The molecule has 0 aliphatic heterocycles. The molecule has 3 amide bonds. The summed E-state index contributed by atoms with van der Waals surface area (Å²) in [5.74, 6) is -2.13. The van der Waals surface area contributed by atoms with Crippen LogP contribution in [0, 0.1) is 5.92 Å². The zero-order valence-corrected chi connectivity index (χ0v) is 23.9. The zero-order valence-electron chi connectivity index (χ0n) is 23.9. The van der Waals surface area contributed by atoms with Gasteiger partial charge in [-0.25, -0.2) is 4.79 Å². The molecule has 0 bridgehead atoms. The monoisotopic (exact) mass is 536 g/mol. The molecule has 0 fully saturated rings. The summed E-state index contributed by atoms with van der Waals surface area (Å²) in [6.07, 6.45) is -0.103. The van der Waals surface area contributed by atoms with Gasteiger partial charge in [-0.2, -0.15) is 0 Å². The summed E-state index contributed by atoms with van der Waals surface area (Å²) in [6.45, 7) is 15.3. The Balaban J connectivity index is 3.09. The van der Waals surface area contributed by atoms with Crippen LogP contribution in [0.15, 0.2) is 18.2 Å². The number of amides is 3. The van der Waals surface area contributed by atoms with Gasteiger partial charge in [0.2, 0.25) is 11.8 Å². The van der Waals surface area contributed by atoms with Gasteiger partial charge in [0, 0.05) is 6.04 Å². The standard InChI is InChI=1S/C27H44N4O7/c1-15(24(35)37-26(4,5)6)12-19(30-25(36)38-27(7,8)9)13-18-10-11-21(32)20(14-18)31-23(34)17(3)29-22(33)16(2)28/h10-11,14-17,19,32H,12-13,28H2,1-9H3,(H,29,33)(H,30,36)(H,31,34). The highest BCUT2D eigenvalue weighted by Gasteiger charge is 2.27. The number of esters is 1. The van der Waals surface area contributed by atoms with E-state index >= 15 is 0 Å². The largest absolute Gasteiger partial charge is 0.506 e. The summed E-state index contributed by atoms with van der Waals surface area (Å²) in [7, 11) is 0. The molecule has 0 aliphatic carbocycles. The Kier molecular flexibility index (Phi) is 11.6. The third-order valence-electron chi connectivity index (χ3n) is 5.13. The average molecular weight is 537 g/mol. The second kappa shape index (κ2) is 13.5. The first-order valence-corrected chi connectivity index (χ1v) is 12.7. The maximum absolute atomic E-state index is 12.6. The molecule has 38 heavy (non-hydrogen) atoms. The Morgan fingerprint density at radius 2 is 1.50 bits per heavy atom. The Labute approximate surface area is 225 Å². The molecule has 4 unspecified atom stereocenters.